The Balaban J connectivity index is 3.17. The summed E-state index contributed by atoms with van der Waals surface area (Å²) in [6, 6.07) is 2.68. The molecule has 0 aliphatic heterocycles. The van der Waals surface area contributed by atoms with Crippen molar-refractivity contribution in [1.82, 2.24) is 0 Å². The largest absolute Gasteiger partial charge is 0.493 e. The highest BCUT2D eigenvalue weighted by molar-refractivity contribution is 6.34. The van der Waals surface area contributed by atoms with Gasteiger partial charge in [0.15, 0.2) is 0 Å². The van der Waals surface area contributed by atoms with Crippen molar-refractivity contribution in [3.8, 4) is 5.75 Å². The summed E-state index contributed by atoms with van der Waals surface area (Å²) in [6.07, 6.45) is 0.747. The molecule has 1 rings (SSSR count). The fourth-order valence-corrected chi connectivity index (χ4v) is 1.55. The van der Waals surface area contributed by atoms with Gasteiger partial charge < -0.3 is 15.2 Å². The molecule has 2 N–H and O–H groups in total. The molecule has 0 aliphatic rings. The second-order valence-corrected chi connectivity index (χ2v) is 4.07. The van der Waals surface area contributed by atoms with E-state index in [1.165, 1.54) is 19.1 Å². The topological polar surface area (TPSA) is 75.6 Å². The van der Waals surface area contributed by atoms with E-state index in [0.29, 0.717) is 12.3 Å². The van der Waals surface area contributed by atoms with Gasteiger partial charge >= 0.3 is 5.97 Å². The molecule has 0 unspecified atom stereocenters. The van der Waals surface area contributed by atoms with Crippen LogP contribution < -0.4 is 10.1 Å². The lowest BCUT2D eigenvalue weighted by molar-refractivity contribution is -0.114. The molecule has 0 saturated heterocycles. The number of anilines is 1. The van der Waals surface area contributed by atoms with Crippen LogP contribution in [0, 0.1) is 0 Å². The number of carboxylic acid groups (broad SMARTS) is 1. The van der Waals surface area contributed by atoms with Crippen LogP contribution >= 0.6 is 11.6 Å². The number of rotatable bonds is 5. The van der Waals surface area contributed by atoms with E-state index in [-0.39, 0.29) is 22.2 Å². The van der Waals surface area contributed by atoms with Gasteiger partial charge in [-0.1, -0.05) is 18.5 Å². The maximum absolute atomic E-state index is 11.0. The summed E-state index contributed by atoms with van der Waals surface area (Å²) in [5, 5.41) is 11.7. The molecule has 1 aromatic carbocycles. The minimum atomic E-state index is -1.13. The molecule has 0 saturated carbocycles. The van der Waals surface area contributed by atoms with Gasteiger partial charge in [0.25, 0.3) is 0 Å². The molecule has 5 nitrogen and oxygen atoms in total. The van der Waals surface area contributed by atoms with Crippen molar-refractivity contribution in [2.24, 2.45) is 0 Å². The van der Waals surface area contributed by atoms with Crippen molar-refractivity contribution in [2.45, 2.75) is 20.3 Å². The van der Waals surface area contributed by atoms with E-state index in [0.717, 1.165) is 6.42 Å². The third-order valence-corrected chi connectivity index (χ3v) is 2.38. The Hall–Kier alpha value is -1.75. The number of hydrogen-bond donors (Lipinski definition) is 2. The van der Waals surface area contributed by atoms with Crippen LogP contribution in [0.4, 0.5) is 5.69 Å². The Kier molecular flexibility index (Phi) is 4.97. The second kappa shape index (κ2) is 6.26. The maximum atomic E-state index is 11.0. The number of ether oxygens (including phenoxy) is 1. The molecule has 18 heavy (non-hydrogen) atoms. The molecule has 0 atom stereocenters. The summed E-state index contributed by atoms with van der Waals surface area (Å²) < 4.78 is 5.33. The van der Waals surface area contributed by atoms with Crippen LogP contribution in [0.5, 0.6) is 5.75 Å². The predicted molar refractivity (Wildman–Crippen MR) is 68.5 cm³/mol. The van der Waals surface area contributed by atoms with Gasteiger partial charge in [-0.15, -0.1) is 0 Å². The first-order valence-electron chi connectivity index (χ1n) is 5.43. The molecule has 0 radical (unpaired) electrons. The number of nitrogens with one attached hydrogen (secondary N) is 1. The van der Waals surface area contributed by atoms with Gasteiger partial charge in [-0.25, -0.2) is 4.79 Å². The molecule has 0 fully saturated rings. The average Bonchev–Trinajstić information content (AvgIpc) is 2.28. The zero-order valence-corrected chi connectivity index (χ0v) is 10.9. The minimum absolute atomic E-state index is 0.0254. The van der Waals surface area contributed by atoms with Crippen molar-refractivity contribution >= 4 is 29.2 Å². The lowest BCUT2D eigenvalue weighted by Crippen LogP contribution is -2.09. The zero-order valence-electron chi connectivity index (χ0n) is 10.1. The van der Waals surface area contributed by atoms with Crippen LogP contribution in [0.2, 0.25) is 5.02 Å². The minimum Gasteiger partial charge on any atom is -0.493 e. The fourth-order valence-electron chi connectivity index (χ4n) is 1.34. The molecular formula is C12H14ClNO4. The van der Waals surface area contributed by atoms with Crippen molar-refractivity contribution in [2.75, 3.05) is 11.9 Å². The first-order chi connectivity index (χ1) is 8.45. The monoisotopic (exact) mass is 271 g/mol. The molecule has 0 bridgehead atoms. The van der Waals surface area contributed by atoms with Crippen molar-refractivity contribution in [3.05, 3.63) is 22.7 Å². The van der Waals surface area contributed by atoms with Crippen LogP contribution in [-0.2, 0) is 4.79 Å². The van der Waals surface area contributed by atoms with E-state index in [1.807, 2.05) is 6.92 Å². The molecule has 6 heteroatoms. The van der Waals surface area contributed by atoms with Crippen LogP contribution in [0.25, 0.3) is 0 Å². The van der Waals surface area contributed by atoms with Gasteiger partial charge in [0.2, 0.25) is 5.91 Å². The normalized spacial score (nSPS) is 9.94. The Labute approximate surface area is 110 Å². The second-order valence-electron chi connectivity index (χ2n) is 3.66. The van der Waals surface area contributed by atoms with Gasteiger partial charge in [-0.3, -0.25) is 4.79 Å². The standard InChI is InChI=1S/C12H14ClNO4/c1-3-4-18-11-6-10(14-7(2)15)9(13)5-8(11)12(16)17/h5-6H,3-4H2,1-2H3,(H,14,15)(H,16,17). The highest BCUT2D eigenvalue weighted by atomic mass is 35.5. The van der Waals surface area contributed by atoms with E-state index in [2.05, 4.69) is 5.32 Å². The smallest absolute Gasteiger partial charge is 0.339 e. The average molecular weight is 272 g/mol. The number of amides is 1. The number of hydrogen-bond acceptors (Lipinski definition) is 3. The van der Waals surface area contributed by atoms with E-state index in [1.54, 1.807) is 0 Å². The molecular weight excluding hydrogens is 258 g/mol. The molecule has 0 spiro atoms. The molecule has 0 aliphatic carbocycles. The third kappa shape index (κ3) is 3.63. The summed E-state index contributed by atoms with van der Waals surface area (Å²) in [4.78, 5) is 22.0. The number of carbonyl (C=O) groups is 2. The van der Waals surface area contributed by atoms with Crippen LogP contribution in [0.3, 0.4) is 0 Å². The fraction of sp³-hybridized carbons (Fsp3) is 0.333. The van der Waals surface area contributed by atoms with Crippen molar-refractivity contribution in [3.63, 3.8) is 0 Å². The Bertz CT molecular complexity index is 473. The number of carbonyl (C=O) groups excluding carboxylic acids is 1. The summed E-state index contributed by atoms with van der Waals surface area (Å²) in [5.74, 6) is -1.23. The number of carboxylic acids is 1. The van der Waals surface area contributed by atoms with Gasteiger partial charge in [0, 0.05) is 13.0 Å². The quantitative estimate of drug-likeness (QED) is 0.863. The van der Waals surface area contributed by atoms with E-state index < -0.39 is 5.97 Å². The molecule has 1 amide bonds. The summed E-state index contributed by atoms with van der Waals surface area (Å²) in [5.41, 5.74) is 0.308. The zero-order chi connectivity index (χ0) is 13.7. The SMILES string of the molecule is CCCOc1cc(NC(C)=O)c(Cl)cc1C(=O)O. The van der Waals surface area contributed by atoms with Crippen molar-refractivity contribution < 1.29 is 19.4 Å². The highest BCUT2D eigenvalue weighted by Crippen LogP contribution is 2.31. The highest BCUT2D eigenvalue weighted by Gasteiger charge is 2.15. The van der Waals surface area contributed by atoms with Crippen molar-refractivity contribution in [1.29, 1.82) is 0 Å². The summed E-state index contributed by atoms with van der Waals surface area (Å²) in [7, 11) is 0. The molecule has 0 heterocycles. The first-order valence-corrected chi connectivity index (χ1v) is 5.80. The Morgan fingerprint density at radius 1 is 1.44 bits per heavy atom. The number of aromatic carboxylic acids is 1. The third-order valence-electron chi connectivity index (χ3n) is 2.07. The number of benzene rings is 1. The van der Waals surface area contributed by atoms with Gasteiger partial charge in [0.1, 0.15) is 11.3 Å². The predicted octanol–water partition coefficient (Wildman–Crippen LogP) is 2.79. The maximum Gasteiger partial charge on any atom is 0.339 e. The Morgan fingerprint density at radius 2 is 2.11 bits per heavy atom. The molecule has 1 aromatic rings. The van der Waals surface area contributed by atoms with Crippen LogP contribution in [-0.4, -0.2) is 23.6 Å². The summed E-state index contributed by atoms with van der Waals surface area (Å²) in [6.45, 7) is 3.64. The van der Waals surface area contributed by atoms with Gasteiger partial charge in [-0.2, -0.15) is 0 Å². The lowest BCUT2D eigenvalue weighted by atomic mass is 10.1. The molecule has 0 aromatic heterocycles. The van der Waals surface area contributed by atoms with Gasteiger partial charge in [-0.05, 0) is 12.5 Å². The van der Waals surface area contributed by atoms with Crippen LogP contribution in [0.1, 0.15) is 30.6 Å². The summed E-state index contributed by atoms with van der Waals surface area (Å²) >= 11 is 5.89. The van der Waals surface area contributed by atoms with E-state index in [9.17, 15) is 9.59 Å². The van der Waals surface area contributed by atoms with E-state index >= 15 is 0 Å². The molecule has 98 valence electrons. The lowest BCUT2D eigenvalue weighted by Gasteiger charge is -2.12. The number of halogens is 1. The van der Waals surface area contributed by atoms with E-state index in [4.69, 9.17) is 21.4 Å². The first kappa shape index (κ1) is 14.3. The van der Waals surface area contributed by atoms with Gasteiger partial charge in [0.05, 0.1) is 17.3 Å². The Morgan fingerprint density at radius 3 is 2.61 bits per heavy atom. The van der Waals surface area contributed by atoms with Crippen LogP contribution in [0.15, 0.2) is 12.1 Å².